The van der Waals surface area contributed by atoms with Gasteiger partial charge in [0.15, 0.2) is 6.29 Å². The van der Waals surface area contributed by atoms with Crippen molar-refractivity contribution in [1.29, 1.82) is 0 Å². The second-order valence-electron chi connectivity index (χ2n) is 3.74. The van der Waals surface area contributed by atoms with E-state index < -0.39 is 5.97 Å². The van der Waals surface area contributed by atoms with Crippen LogP contribution in [0, 0.1) is 5.92 Å². The third-order valence-corrected chi connectivity index (χ3v) is 2.34. The quantitative estimate of drug-likeness (QED) is 0.665. The zero-order valence-electron chi connectivity index (χ0n) is 8.77. The first kappa shape index (κ1) is 12.1. The molecule has 0 aromatic heterocycles. The molecular weight excluding hydrogens is 200 g/mol. The van der Waals surface area contributed by atoms with Crippen LogP contribution in [0.3, 0.4) is 0 Å². The number of ether oxygens (including phenoxy) is 2. The largest absolute Gasteiger partial charge is 0.481 e. The minimum Gasteiger partial charge on any atom is -0.481 e. The van der Waals surface area contributed by atoms with Gasteiger partial charge in [-0.3, -0.25) is 9.59 Å². The molecule has 0 aliphatic carbocycles. The molecular formula is C10H16O5. The summed E-state index contributed by atoms with van der Waals surface area (Å²) in [5.41, 5.74) is 0. The molecule has 1 heterocycles. The van der Waals surface area contributed by atoms with Gasteiger partial charge < -0.3 is 14.6 Å². The van der Waals surface area contributed by atoms with Crippen LogP contribution in [0.2, 0.25) is 0 Å². The Morgan fingerprint density at radius 3 is 2.53 bits per heavy atom. The monoisotopic (exact) mass is 216 g/mol. The molecule has 1 N–H and O–H groups in total. The van der Waals surface area contributed by atoms with Gasteiger partial charge in [-0.15, -0.1) is 0 Å². The maximum atomic E-state index is 11.1. The maximum Gasteiger partial charge on any atom is 0.310 e. The summed E-state index contributed by atoms with van der Waals surface area (Å²) >= 11 is 0. The average Bonchev–Trinajstić information content (AvgIpc) is 2.65. The smallest absolute Gasteiger partial charge is 0.310 e. The molecule has 1 rings (SSSR count). The number of carbonyl (C=O) groups is 2. The van der Waals surface area contributed by atoms with Gasteiger partial charge in [-0.05, 0) is 6.42 Å². The van der Waals surface area contributed by atoms with Crippen molar-refractivity contribution in [1.82, 2.24) is 0 Å². The van der Waals surface area contributed by atoms with E-state index >= 15 is 0 Å². The molecule has 1 fully saturated rings. The van der Waals surface area contributed by atoms with Gasteiger partial charge in [0.2, 0.25) is 0 Å². The molecule has 1 saturated heterocycles. The van der Waals surface area contributed by atoms with Crippen LogP contribution >= 0.6 is 0 Å². The Hall–Kier alpha value is -0.940. The first-order valence-corrected chi connectivity index (χ1v) is 5.06. The minimum atomic E-state index is -1.07. The molecule has 0 aromatic carbocycles. The molecule has 5 nitrogen and oxygen atoms in total. The maximum absolute atomic E-state index is 11.1. The molecule has 5 heteroatoms. The van der Waals surface area contributed by atoms with Crippen molar-refractivity contribution in [2.45, 2.75) is 32.5 Å². The van der Waals surface area contributed by atoms with E-state index in [0.717, 1.165) is 0 Å². The van der Waals surface area contributed by atoms with Gasteiger partial charge in [0.05, 0.1) is 13.2 Å². The number of ketones is 1. The minimum absolute atomic E-state index is 0.130. The Morgan fingerprint density at radius 2 is 2.00 bits per heavy atom. The number of Topliss-reactive ketones (excluding diaryl/α,β-unsaturated/α-hetero) is 1. The van der Waals surface area contributed by atoms with Crippen LogP contribution in [-0.2, 0) is 19.1 Å². The second-order valence-corrected chi connectivity index (χ2v) is 3.74. The van der Waals surface area contributed by atoms with Crippen molar-refractivity contribution in [2.75, 3.05) is 13.2 Å². The average molecular weight is 216 g/mol. The van der Waals surface area contributed by atoms with E-state index in [-0.39, 0.29) is 30.8 Å². The van der Waals surface area contributed by atoms with Crippen molar-refractivity contribution in [3.8, 4) is 0 Å². The lowest BCUT2D eigenvalue weighted by Gasteiger charge is -2.16. The van der Waals surface area contributed by atoms with E-state index in [0.29, 0.717) is 19.6 Å². The molecule has 0 amide bonds. The van der Waals surface area contributed by atoms with Gasteiger partial charge in [0, 0.05) is 12.3 Å². The summed E-state index contributed by atoms with van der Waals surface area (Å²) in [6.07, 6.45) is 0.259. The lowest BCUT2D eigenvalue weighted by Crippen LogP contribution is -2.20. The SMILES string of the molecule is CC(CCC(=O)CC(=O)O)C1OCCO1. The molecule has 1 atom stereocenters. The van der Waals surface area contributed by atoms with E-state index in [1.165, 1.54) is 0 Å². The second kappa shape index (κ2) is 5.82. The number of hydrogen-bond acceptors (Lipinski definition) is 4. The van der Waals surface area contributed by atoms with Gasteiger partial charge in [-0.2, -0.15) is 0 Å². The predicted octanol–water partition coefficient (Wildman–Crippen LogP) is 0.819. The van der Waals surface area contributed by atoms with Crippen LogP contribution in [0.1, 0.15) is 26.2 Å². The third-order valence-electron chi connectivity index (χ3n) is 2.34. The summed E-state index contributed by atoms with van der Waals surface area (Å²) in [7, 11) is 0. The van der Waals surface area contributed by atoms with Gasteiger partial charge in [-0.25, -0.2) is 0 Å². The Kier molecular flexibility index (Phi) is 4.71. The zero-order chi connectivity index (χ0) is 11.3. The van der Waals surface area contributed by atoms with E-state index in [1.54, 1.807) is 0 Å². The van der Waals surface area contributed by atoms with Gasteiger partial charge in [0.25, 0.3) is 0 Å². The van der Waals surface area contributed by atoms with E-state index in [4.69, 9.17) is 14.6 Å². The third kappa shape index (κ3) is 4.40. The number of carboxylic acids is 1. The number of aliphatic carboxylic acids is 1. The fourth-order valence-corrected chi connectivity index (χ4v) is 1.49. The molecule has 0 aromatic rings. The summed E-state index contributed by atoms with van der Waals surface area (Å²) < 4.78 is 10.6. The highest BCUT2D eigenvalue weighted by molar-refractivity contribution is 5.94. The number of rotatable bonds is 6. The molecule has 15 heavy (non-hydrogen) atoms. The van der Waals surface area contributed by atoms with Crippen LogP contribution in [0.5, 0.6) is 0 Å². The predicted molar refractivity (Wildman–Crippen MR) is 51.3 cm³/mol. The van der Waals surface area contributed by atoms with Gasteiger partial charge >= 0.3 is 5.97 Å². The Labute approximate surface area is 88.4 Å². The summed E-state index contributed by atoms with van der Waals surface area (Å²) in [6, 6.07) is 0. The van der Waals surface area contributed by atoms with Crippen molar-refractivity contribution in [2.24, 2.45) is 5.92 Å². The van der Waals surface area contributed by atoms with Crippen molar-refractivity contribution in [3.63, 3.8) is 0 Å². The van der Waals surface area contributed by atoms with Crippen molar-refractivity contribution < 1.29 is 24.2 Å². The van der Waals surface area contributed by atoms with Crippen molar-refractivity contribution >= 4 is 11.8 Å². The van der Waals surface area contributed by atoms with E-state index in [9.17, 15) is 9.59 Å². The van der Waals surface area contributed by atoms with Crippen LogP contribution in [0.15, 0.2) is 0 Å². The number of carbonyl (C=O) groups excluding carboxylic acids is 1. The van der Waals surface area contributed by atoms with Crippen LogP contribution in [-0.4, -0.2) is 36.4 Å². The lowest BCUT2D eigenvalue weighted by molar-refractivity contribution is -0.140. The van der Waals surface area contributed by atoms with Crippen LogP contribution < -0.4 is 0 Å². The zero-order valence-corrected chi connectivity index (χ0v) is 8.77. The van der Waals surface area contributed by atoms with Gasteiger partial charge in [-0.1, -0.05) is 6.92 Å². The molecule has 0 saturated carbocycles. The highest BCUT2D eigenvalue weighted by Gasteiger charge is 2.23. The fourth-order valence-electron chi connectivity index (χ4n) is 1.49. The highest BCUT2D eigenvalue weighted by atomic mass is 16.7. The van der Waals surface area contributed by atoms with E-state index in [2.05, 4.69) is 0 Å². The first-order chi connectivity index (χ1) is 7.09. The van der Waals surface area contributed by atoms with Crippen molar-refractivity contribution in [3.05, 3.63) is 0 Å². The van der Waals surface area contributed by atoms with Crippen LogP contribution in [0.4, 0.5) is 0 Å². The lowest BCUT2D eigenvalue weighted by atomic mass is 10.0. The summed E-state index contributed by atoms with van der Waals surface area (Å²) in [5, 5.41) is 8.39. The summed E-state index contributed by atoms with van der Waals surface area (Å²) in [6.45, 7) is 3.13. The molecule has 1 aliphatic heterocycles. The molecule has 86 valence electrons. The molecule has 0 radical (unpaired) electrons. The number of hydrogen-bond donors (Lipinski definition) is 1. The molecule has 0 bridgehead atoms. The van der Waals surface area contributed by atoms with E-state index in [1.807, 2.05) is 6.92 Å². The highest BCUT2D eigenvalue weighted by Crippen LogP contribution is 2.19. The van der Waals surface area contributed by atoms with Crippen LogP contribution in [0.25, 0.3) is 0 Å². The topological polar surface area (TPSA) is 72.8 Å². The molecule has 0 spiro atoms. The molecule has 1 aliphatic rings. The fraction of sp³-hybridized carbons (Fsp3) is 0.800. The Bertz CT molecular complexity index is 232. The standard InChI is InChI=1S/C10H16O5/c1-7(10-14-4-5-15-10)2-3-8(11)6-9(12)13/h7,10H,2-6H2,1H3,(H,12,13). The summed E-state index contributed by atoms with van der Waals surface area (Å²) in [4.78, 5) is 21.4. The Morgan fingerprint density at radius 1 is 1.40 bits per heavy atom. The normalized spacial score (nSPS) is 19.0. The summed E-state index contributed by atoms with van der Waals surface area (Å²) in [5.74, 6) is -1.18. The number of carboxylic acid groups (broad SMARTS) is 1. The van der Waals surface area contributed by atoms with Gasteiger partial charge in [0.1, 0.15) is 12.2 Å². The first-order valence-electron chi connectivity index (χ1n) is 5.06. The molecule has 1 unspecified atom stereocenters. The Balaban J connectivity index is 2.18.